The van der Waals surface area contributed by atoms with Gasteiger partial charge in [-0.15, -0.1) is 11.3 Å². The van der Waals surface area contributed by atoms with Gasteiger partial charge in [-0.2, -0.15) is 5.26 Å². The third-order valence-corrected chi connectivity index (χ3v) is 4.00. The van der Waals surface area contributed by atoms with E-state index in [2.05, 4.69) is 11.4 Å². The first-order chi connectivity index (χ1) is 9.60. The predicted molar refractivity (Wildman–Crippen MR) is 76.7 cm³/mol. The molecule has 0 saturated carbocycles. The first kappa shape index (κ1) is 14.7. The number of hydrogen-bond acceptors (Lipinski definition) is 4. The molecule has 0 aliphatic heterocycles. The summed E-state index contributed by atoms with van der Waals surface area (Å²) < 4.78 is 12.8. The second kappa shape index (κ2) is 6.62. The molecule has 2 unspecified atom stereocenters. The average molecular weight is 290 g/mol. The van der Waals surface area contributed by atoms with E-state index >= 15 is 0 Å². The molecule has 0 aliphatic rings. The Kier molecular flexibility index (Phi) is 4.85. The Bertz CT molecular complexity index is 603. The zero-order valence-corrected chi connectivity index (χ0v) is 11.8. The van der Waals surface area contributed by atoms with Crippen LogP contribution in [0.15, 0.2) is 35.7 Å². The molecule has 0 fully saturated rings. The quantitative estimate of drug-likeness (QED) is 0.890. The van der Waals surface area contributed by atoms with Crippen LogP contribution in [-0.4, -0.2) is 11.1 Å². The van der Waals surface area contributed by atoms with Crippen molar-refractivity contribution in [3.8, 4) is 6.07 Å². The topological polar surface area (TPSA) is 56.0 Å². The van der Waals surface area contributed by atoms with Gasteiger partial charge in [0.05, 0.1) is 11.7 Å². The van der Waals surface area contributed by atoms with Crippen molar-refractivity contribution in [3.05, 3.63) is 57.5 Å². The number of nitriles is 1. The number of rotatable bonds is 5. The molecular weight excluding hydrogens is 275 g/mol. The highest BCUT2D eigenvalue weighted by Gasteiger charge is 2.16. The molecule has 5 heteroatoms. The highest BCUT2D eigenvalue weighted by atomic mass is 32.1. The molecule has 3 nitrogen and oxygen atoms in total. The van der Waals surface area contributed by atoms with Gasteiger partial charge in [0.1, 0.15) is 11.9 Å². The number of halogens is 1. The van der Waals surface area contributed by atoms with Gasteiger partial charge in [0.25, 0.3) is 0 Å². The Balaban J connectivity index is 1.92. The molecule has 104 valence electrons. The monoisotopic (exact) mass is 290 g/mol. The van der Waals surface area contributed by atoms with Crippen molar-refractivity contribution in [1.29, 1.82) is 5.26 Å². The summed E-state index contributed by atoms with van der Waals surface area (Å²) in [6, 6.07) is 9.58. The highest BCUT2D eigenvalue weighted by Crippen LogP contribution is 2.19. The van der Waals surface area contributed by atoms with Crippen molar-refractivity contribution in [1.82, 2.24) is 5.32 Å². The van der Waals surface area contributed by atoms with Crippen LogP contribution in [0.4, 0.5) is 4.39 Å². The fourth-order valence-corrected chi connectivity index (χ4v) is 2.61. The third kappa shape index (κ3) is 3.64. The van der Waals surface area contributed by atoms with Crippen LogP contribution in [0.25, 0.3) is 0 Å². The second-order valence-electron chi connectivity index (χ2n) is 4.58. The minimum Gasteiger partial charge on any atom is -0.387 e. The zero-order chi connectivity index (χ0) is 14.5. The van der Waals surface area contributed by atoms with E-state index in [1.54, 1.807) is 17.5 Å². The molecule has 2 N–H and O–H groups in total. The fourth-order valence-electron chi connectivity index (χ4n) is 1.85. The molecule has 0 radical (unpaired) electrons. The van der Waals surface area contributed by atoms with Gasteiger partial charge in [-0.3, -0.25) is 0 Å². The van der Waals surface area contributed by atoms with Gasteiger partial charge in [-0.25, -0.2) is 4.39 Å². The molecule has 2 rings (SSSR count). The molecule has 0 saturated heterocycles. The molecule has 1 aromatic heterocycles. The van der Waals surface area contributed by atoms with E-state index in [-0.39, 0.29) is 11.9 Å². The van der Waals surface area contributed by atoms with Crippen molar-refractivity contribution >= 4 is 11.3 Å². The normalized spacial score (nSPS) is 13.7. The molecule has 20 heavy (non-hydrogen) atoms. The van der Waals surface area contributed by atoms with Crippen LogP contribution in [0.5, 0.6) is 0 Å². The molecule has 0 aliphatic carbocycles. The van der Waals surface area contributed by atoms with E-state index in [0.717, 1.165) is 4.88 Å². The van der Waals surface area contributed by atoms with Crippen LogP contribution in [-0.2, 0) is 6.54 Å². The van der Waals surface area contributed by atoms with E-state index in [9.17, 15) is 9.50 Å². The lowest BCUT2D eigenvalue weighted by Gasteiger charge is -2.20. The molecule has 1 aromatic carbocycles. The summed E-state index contributed by atoms with van der Waals surface area (Å²) in [6.45, 7) is 2.46. The van der Waals surface area contributed by atoms with Crippen molar-refractivity contribution in [2.24, 2.45) is 0 Å². The average Bonchev–Trinajstić information content (AvgIpc) is 2.93. The maximum Gasteiger partial charge on any atom is 0.123 e. The van der Waals surface area contributed by atoms with Gasteiger partial charge < -0.3 is 10.4 Å². The van der Waals surface area contributed by atoms with E-state index in [4.69, 9.17) is 5.26 Å². The molecule has 0 amide bonds. The van der Waals surface area contributed by atoms with Gasteiger partial charge >= 0.3 is 0 Å². The van der Waals surface area contributed by atoms with Crippen LogP contribution in [0.1, 0.15) is 29.0 Å². The number of benzene rings is 1. The van der Waals surface area contributed by atoms with E-state index in [1.807, 2.05) is 13.0 Å². The van der Waals surface area contributed by atoms with Crippen molar-refractivity contribution < 1.29 is 9.50 Å². The van der Waals surface area contributed by atoms with Gasteiger partial charge in [-0.1, -0.05) is 12.1 Å². The first-order valence-electron chi connectivity index (χ1n) is 6.24. The Morgan fingerprint density at radius 1 is 1.40 bits per heavy atom. The van der Waals surface area contributed by atoms with Crippen LogP contribution in [0, 0.1) is 17.1 Å². The lowest BCUT2D eigenvalue weighted by atomic mass is 10.0. The molecule has 2 atom stereocenters. The SMILES string of the molecule is CC(NCc1cc(C#N)cs1)C(O)c1ccc(F)cc1. The Hall–Kier alpha value is -1.74. The van der Waals surface area contributed by atoms with Crippen LogP contribution < -0.4 is 5.32 Å². The van der Waals surface area contributed by atoms with E-state index in [1.165, 1.54) is 23.5 Å². The summed E-state index contributed by atoms with van der Waals surface area (Å²) in [5.41, 5.74) is 1.33. The summed E-state index contributed by atoms with van der Waals surface area (Å²) in [7, 11) is 0. The van der Waals surface area contributed by atoms with Crippen molar-refractivity contribution in [2.75, 3.05) is 0 Å². The summed E-state index contributed by atoms with van der Waals surface area (Å²) in [4.78, 5) is 1.04. The molecule has 1 heterocycles. The summed E-state index contributed by atoms with van der Waals surface area (Å²) in [5, 5.41) is 23.9. The second-order valence-corrected chi connectivity index (χ2v) is 5.58. The van der Waals surface area contributed by atoms with Gasteiger partial charge in [0.15, 0.2) is 0 Å². The lowest BCUT2D eigenvalue weighted by Crippen LogP contribution is -2.31. The maximum atomic E-state index is 12.8. The summed E-state index contributed by atoms with van der Waals surface area (Å²) in [6.07, 6.45) is -0.703. The Morgan fingerprint density at radius 2 is 2.10 bits per heavy atom. The van der Waals surface area contributed by atoms with E-state index < -0.39 is 6.10 Å². The van der Waals surface area contributed by atoms with E-state index in [0.29, 0.717) is 17.7 Å². The van der Waals surface area contributed by atoms with Crippen LogP contribution in [0.2, 0.25) is 0 Å². The molecule has 0 bridgehead atoms. The minimum atomic E-state index is -0.703. The molecule has 2 aromatic rings. The van der Waals surface area contributed by atoms with Gasteiger partial charge in [0, 0.05) is 22.8 Å². The minimum absolute atomic E-state index is 0.173. The number of thiophene rings is 1. The summed E-state index contributed by atoms with van der Waals surface area (Å²) >= 11 is 1.51. The van der Waals surface area contributed by atoms with Gasteiger partial charge in [0.2, 0.25) is 0 Å². The lowest BCUT2D eigenvalue weighted by molar-refractivity contribution is 0.135. The third-order valence-electron chi connectivity index (χ3n) is 3.07. The van der Waals surface area contributed by atoms with Crippen molar-refractivity contribution in [3.63, 3.8) is 0 Å². The highest BCUT2D eigenvalue weighted by molar-refractivity contribution is 7.10. The smallest absolute Gasteiger partial charge is 0.123 e. The summed E-state index contributed by atoms with van der Waals surface area (Å²) in [5.74, 6) is -0.316. The fraction of sp³-hybridized carbons (Fsp3) is 0.267. The number of nitrogens with one attached hydrogen (secondary N) is 1. The number of aliphatic hydroxyl groups is 1. The molecular formula is C15H15FN2OS. The zero-order valence-electron chi connectivity index (χ0n) is 11.0. The standard InChI is InChI=1S/C15H15FN2OS/c1-10(15(19)12-2-4-13(16)5-3-12)18-8-14-6-11(7-17)9-20-14/h2-6,9-10,15,18-19H,8H2,1H3. The number of hydrogen-bond donors (Lipinski definition) is 2. The number of nitrogens with zero attached hydrogens (tertiary/aromatic N) is 1. The van der Waals surface area contributed by atoms with Gasteiger partial charge in [-0.05, 0) is 30.7 Å². The van der Waals surface area contributed by atoms with Crippen molar-refractivity contribution in [2.45, 2.75) is 25.6 Å². The van der Waals surface area contributed by atoms with Crippen LogP contribution >= 0.6 is 11.3 Å². The number of aliphatic hydroxyl groups excluding tert-OH is 1. The van der Waals surface area contributed by atoms with Crippen LogP contribution in [0.3, 0.4) is 0 Å². The Morgan fingerprint density at radius 3 is 2.70 bits per heavy atom. The maximum absolute atomic E-state index is 12.8. The Labute approximate surface area is 121 Å². The largest absolute Gasteiger partial charge is 0.387 e. The predicted octanol–water partition coefficient (Wildman–Crippen LogP) is 2.97. The first-order valence-corrected chi connectivity index (χ1v) is 7.12. The molecule has 0 spiro atoms.